The standard InChI is InChI=1S/C19H21N3O2/c1-13-2-4-14(5-3-13)8-15(12-23)10-20-19(24)16-6-7-18-17(9-16)11-21-22-18/h2-7,9,11,15,23H,8,10,12H2,1H3,(H,20,24)(H,21,22)/t15-/m0/s1. The number of fused-ring (bicyclic) bond motifs is 1. The quantitative estimate of drug-likeness (QED) is 0.652. The maximum Gasteiger partial charge on any atom is 0.251 e. The number of aromatic nitrogens is 2. The van der Waals surface area contributed by atoms with Crippen LogP contribution in [0.2, 0.25) is 0 Å². The van der Waals surface area contributed by atoms with Gasteiger partial charge in [-0.2, -0.15) is 5.10 Å². The molecule has 0 aliphatic carbocycles. The Kier molecular flexibility index (Phi) is 4.91. The Hall–Kier alpha value is -2.66. The van der Waals surface area contributed by atoms with Crippen molar-refractivity contribution in [1.82, 2.24) is 15.5 Å². The molecule has 0 saturated carbocycles. The Morgan fingerprint density at radius 1 is 1.25 bits per heavy atom. The van der Waals surface area contributed by atoms with Crippen molar-refractivity contribution in [1.29, 1.82) is 0 Å². The number of aryl methyl sites for hydroxylation is 1. The number of hydrogen-bond donors (Lipinski definition) is 3. The van der Waals surface area contributed by atoms with E-state index in [1.807, 2.05) is 19.1 Å². The fourth-order valence-corrected chi connectivity index (χ4v) is 2.68. The molecular formula is C19H21N3O2. The summed E-state index contributed by atoms with van der Waals surface area (Å²) in [6, 6.07) is 13.7. The van der Waals surface area contributed by atoms with Gasteiger partial charge in [-0.1, -0.05) is 29.8 Å². The summed E-state index contributed by atoms with van der Waals surface area (Å²) in [4.78, 5) is 12.3. The molecule has 0 aliphatic heterocycles. The van der Waals surface area contributed by atoms with E-state index >= 15 is 0 Å². The van der Waals surface area contributed by atoms with Crippen LogP contribution in [0.25, 0.3) is 10.9 Å². The van der Waals surface area contributed by atoms with Crippen LogP contribution >= 0.6 is 0 Å². The second kappa shape index (κ2) is 7.27. The fourth-order valence-electron chi connectivity index (χ4n) is 2.68. The zero-order valence-electron chi connectivity index (χ0n) is 13.6. The molecule has 1 aromatic heterocycles. The molecule has 0 unspecified atom stereocenters. The van der Waals surface area contributed by atoms with Gasteiger partial charge in [-0.25, -0.2) is 0 Å². The van der Waals surface area contributed by atoms with Gasteiger partial charge in [0.1, 0.15) is 0 Å². The van der Waals surface area contributed by atoms with E-state index in [4.69, 9.17) is 0 Å². The van der Waals surface area contributed by atoms with Gasteiger partial charge < -0.3 is 10.4 Å². The third-order valence-corrected chi connectivity index (χ3v) is 4.16. The largest absolute Gasteiger partial charge is 0.396 e. The van der Waals surface area contributed by atoms with E-state index in [0.717, 1.165) is 22.9 Å². The second-order valence-corrected chi connectivity index (χ2v) is 6.12. The monoisotopic (exact) mass is 323 g/mol. The first-order valence-electron chi connectivity index (χ1n) is 8.03. The van der Waals surface area contributed by atoms with Gasteiger partial charge in [0.05, 0.1) is 11.7 Å². The summed E-state index contributed by atoms with van der Waals surface area (Å²) in [5, 5.41) is 20.2. The smallest absolute Gasteiger partial charge is 0.251 e. The van der Waals surface area contributed by atoms with Crippen LogP contribution < -0.4 is 5.32 Å². The lowest BCUT2D eigenvalue weighted by Crippen LogP contribution is -2.31. The SMILES string of the molecule is Cc1ccc(C[C@H](CO)CNC(=O)c2ccc3[nH]ncc3c2)cc1. The first-order chi connectivity index (χ1) is 11.7. The highest BCUT2D eigenvalue weighted by Gasteiger charge is 2.12. The number of carbonyl (C=O) groups excluding carboxylic acids is 1. The van der Waals surface area contributed by atoms with E-state index in [1.54, 1.807) is 12.3 Å². The molecule has 0 radical (unpaired) electrons. The van der Waals surface area contributed by atoms with E-state index in [0.29, 0.717) is 12.1 Å². The molecule has 0 spiro atoms. The lowest BCUT2D eigenvalue weighted by Gasteiger charge is -2.15. The van der Waals surface area contributed by atoms with Crippen LogP contribution in [0.15, 0.2) is 48.7 Å². The summed E-state index contributed by atoms with van der Waals surface area (Å²) in [6.45, 7) is 2.52. The molecule has 2 aromatic carbocycles. The van der Waals surface area contributed by atoms with Crippen molar-refractivity contribution in [3.05, 3.63) is 65.4 Å². The van der Waals surface area contributed by atoms with Gasteiger partial charge in [0.2, 0.25) is 0 Å². The first-order valence-corrected chi connectivity index (χ1v) is 8.03. The van der Waals surface area contributed by atoms with Gasteiger partial charge in [0.25, 0.3) is 5.91 Å². The van der Waals surface area contributed by atoms with Crippen LogP contribution in [-0.4, -0.2) is 34.4 Å². The number of amides is 1. The first kappa shape index (κ1) is 16.2. The zero-order chi connectivity index (χ0) is 16.9. The molecular weight excluding hydrogens is 302 g/mol. The van der Waals surface area contributed by atoms with E-state index < -0.39 is 0 Å². The molecule has 3 aromatic rings. The maximum atomic E-state index is 12.3. The summed E-state index contributed by atoms with van der Waals surface area (Å²) in [7, 11) is 0. The Morgan fingerprint density at radius 3 is 2.79 bits per heavy atom. The van der Waals surface area contributed by atoms with Crippen LogP contribution in [0, 0.1) is 12.8 Å². The molecule has 5 heteroatoms. The predicted octanol–water partition coefficient (Wildman–Crippen LogP) is 2.45. The van der Waals surface area contributed by atoms with Crippen LogP contribution in [-0.2, 0) is 6.42 Å². The molecule has 3 rings (SSSR count). The molecule has 24 heavy (non-hydrogen) atoms. The van der Waals surface area contributed by atoms with Gasteiger partial charge in [0, 0.05) is 30.0 Å². The molecule has 124 valence electrons. The lowest BCUT2D eigenvalue weighted by atomic mass is 9.99. The number of rotatable bonds is 6. The molecule has 1 heterocycles. The Labute approximate surface area is 140 Å². The van der Waals surface area contributed by atoms with Crippen molar-refractivity contribution < 1.29 is 9.90 Å². The number of aliphatic hydroxyl groups excluding tert-OH is 1. The summed E-state index contributed by atoms with van der Waals surface area (Å²) >= 11 is 0. The number of aromatic amines is 1. The highest BCUT2D eigenvalue weighted by Crippen LogP contribution is 2.13. The molecule has 0 fully saturated rings. The van der Waals surface area contributed by atoms with Crippen LogP contribution in [0.3, 0.4) is 0 Å². The number of carbonyl (C=O) groups is 1. The van der Waals surface area contributed by atoms with Crippen LogP contribution in [0.1, 0.15) is 21.5 Å². The fraction of sp³-hybridized carbons (Fsp3) is 0.263. The van der Waals surface area contributed by atoms with E-state index in [-0.39, 0.29) is 18.4 Å². The Balaban J connectivity index is 1.59. The number of nitrogens with one attached hydrogen (secondary N) is 2. The molecule has 3 N–H and O–H groups in total. The van der Waals surface area contributed by atoms with Crippen molar-refractivity contribution in [3.63, 3.8) is 0 Å². The van der Waals surface area contributed by atoms with Gasteiger partial charge in [-0.3, -0.25) is 9.89 Å². The van der Waals surface area contributed by atoms with Gasteiger partial charge >= 0.3 is 0 Å². The second-order valence-electron chi connectivity index (χ2n) is 6.12. The normalized spacial score (nSPS) is 12.2. The molecule has 1 amide bonds. The average Bonchev–Trinajstić information content (AvgIpc) is 3.07. The molecule has 5 nitrogen and oxygen atoms in total. The lowest BCUT2D eigenvalue weighted by molar-refractivity contribution is 0.0940. The number of H-pyrrole nitrogens is 1. The predicted molar refractivity (Wildman–Crippen MR) is 93.9 cm³/mol. The highest BCUT2D eigenvalue weighted by atomic mass is 16.3. The molecule has 0 saturated heterocycles. The average molecular weight is 323 g/mol. The Bertz CT molecular complexity index is 824. The van der Waals surface area contributed by atoms with Crippen molar-refractivity contribution in [2.75, 3.05) is 13.2 Å². The number of benzene rings is 2. The van der Waals surface area contributed by atoms with Crippen molar-refractivity contribution in [2.45, 2.75) is 13.3 Å². The zero-order valence-corrected chi connectivity index (χ0v) is 13.6. The van der Waals surface area contributed by atoms with Gasteiger partial charge in [-0.15, -0.1) is 0 Å². The van der Waals surface area contributed by atoms with E-state index in [2.05, 4.69) is 39.8 Å². The molecule has 0 bridgehead atoms. The third kappa shape index (κ3) is 3.81. The van der Waals surface area contributed by atoms with E-state index in [1.165, 1.54) is 5.56 Å². The number of nitrogens with zero attached hydrogens (tertiary/aromatic N) is 1. The Morgan fingerprint density at radius 2 is 2.04 bits per heavy atom. The highest BCUT2D eigenvalue weighted by molar-refractivity contribution is 5.97. The van der Waals surface area contributed by atoms with Crippen molar-refractivity contribution in [2.24, 2.45) is 5.92 Å². The number of aliphatic hydroxyl groups is 1. The molecule has 0 aliphatic rings. The summed E-state index contributed by atoms with van der Waals surface area (Å²) in [5.41, 5.74) is 3.87. The number of hydrogen-bond acceptors (Lipinski definition) is 3. The summed E-state index contributed by atoms with van der Waals surface area (Å²) in [5.74, 6) is -0.144. The summed E-state index contributed by atoms with van der Waals surface area (Å²) < 4.78 is 0. The third-order valence-electron chi connectivity index (χ3n) is 4.16. The van der Waals surface area contributed by atoms with Crippen LogP contribution in [0.4, 0.5) is 0 Å². The maximum absolute atomic E-state index is 12.3. The minimum Gasteiger partial charge on any atom is -0.396 e. The summed E-state index contributed by atoms with van der Waals surface area (Å²) in [6.07, 6.45) is 2.43. The minimum absolute atomic E-state index is 0.00527. The van der Waals surface area contributed by atoms with Crippen molar-refractivity contribution >= 4 is 16.8 Å². The topological polar surface area (TPSA) is 78.0 Å². The van der Waals surface area contributed by atoms with Crippen molar-refractivity contribution in [3.8, 4) is 0 Å². The van der Waals surface area contributed by atoms with Gasteiger partial charge in [0.15, 0.2) is 0 Å². The van der Waals surface area contributed by atoms with E-state index in [9.17, 15) is 9.90 Å². The van der Waals surface area contributed by atoms with Crippen LogP contribution in [0.5, 0.6) is 0 Å². The van der Waals surface area contributed by atoms with Gasteiger partial charge in [-0.05, 0) is 37.1 Å². The minimum atomic E-state index is -0.138. The molecule has 1 atom stereocenters.